The molecular weight excluding hydrogens is 286 g/mol. The molecule has 4 heteroatoms. The van der Waals surface area contributed by atoms with Crippen molar-refractivity contribution >= 4 is 17.5 Å². The summed E-state index contributed by atoms with van der Waals surface area (Å²) in [6.07, 6.45) is 0.266. The van der Waals surface area contributed by atoms with Crippen LogP contribution in [0, 0.1) is 0 Å². The van der Waals surface area contributed by atoms with Gasteiger partial charge in [0, 0.05) is 11.6 Å². The molecule has 110 valence electrons. The number of amides is 1. The summed E-state index contributed by atoms with van der Waals surface area (Å²) in [4.78, 5) is 11.9. The minimum atomic E-state index is -0.540. The van der Waals surface area contributed by atoms with Gasteiger partial charge in [-0.2, -0.15) is 0 Å². The highest BCUT2D eigenvalue weighted by molar-refractivity contribution is 6.30. The van der Waals surface area contributed by atoms with Crippen molar-refractivity contribution in [2.45, 2.75) is 19.4 Å². The van der Waals surface area contributed by atoms with Gasteiger partial charge >= 0.3 is 0 Å². The molecule has 2 rings (SSSR count). The van der Waals surface area contributed by atoms with Crippen LogP contribution in [0.2, 0.25) is 5.02 Å². The Labute approximate surface area is 129 Å². The van der Waals surface area contributed by atoms with Crippen LogP contribution in [0.3, 0.4) is 0 Å². The Morgan fingerprint density at radius 1 is 1.14 bits per heavy atom. The van der Waals surface area contributed by atoms with Gasteiger partial charge < -0.3 is 10.1 Å². The van der Waals surface area contributed by atoms with E-state index in [1.807, 2.05) is 30.3 Å². The van der Waals surface area contributed by atoms with Crippen LogP contribution in [0.5, 0.6) is 5.75 Å². The van der Waals surface area contributed by atoms with Crippen molar-refractivity contribution < 1.29 is 9.53 Å². The van der Waals surface area contributed by atoms with Crippen molar-refractivity contribution in [3.63, 3.8) is 0 Å². The molecule has 2 aromatic carbocycles. The monoisotopic (exact) mass is 303 g/mol. The van der Waals surface area contributed by atoms with Crippen LogP contribution in [-0.4, -0.2) is 18.6 Å². The maximum Gasteiger partial charge on any atom is 0.260 e. The molecule has 0 saturated carbocycles. The van der Waals surface area contributed by atoms with E-state index < -0.39 is 6.10 Å². The topological polar surface area (TPSA) is 38.3 Å². The average molecular weight is 304 g/mol. The molecule has 1 amide bonds. The second-order valence-corrected chi connectivity index (χ2v) is 5.18. The Bertz CT molecular complexity index is 569. The van der Waals surface area contributed by atoms with Crippen LogP contribution in [0.25, 0.3) is 0 Å². The molecule has 0 heterocycles. The van der Waals surface area contributed by atoms with Crippen molar-refractivity contribution in [1.82, 2.24) is 5.32 Å². The highest BCUT2D eigenvalue weighted by Crippen LogP contribution is 2.16. The number of carbonyl (C=O) groups is 1. The first-order chi connectivity index (χ1) is 10.1. The zero-order valence-corrected chi connectivity index (χ0v) is 12.6. The van der Waals surface area contributed by atoms with Crippen molar-refractivity contribution in [2.75, 3.05) is 6.54 Å². The van der Waals surface area contributed by atoms with E-state index in [-0.39, 0.29) is 5.91 Å². The maximum atomic E-state index is 11.9. The third kappa shape index (κ3) is 5.12. The van der Waals surface area contributed by atoms with Gasteiger partial charge in [0.15, 0.2) is 6.10 Å². The lowest BCUT2D eigenvalue weighted by Gasteiger charge is -2.14. The molecule has 1 N–H and O–H groups in total. The Hall–Kier alpha value is -2.00. The highest BCUT2D eigenvalue weighted by Gasteiger charge is 2.13. The normalized spacial score (nSPS) is 11.7. The Morgan fingerprint density at radius 2 is 1.81 bits per heavy atom. The SMILES string of the molecule is CC(Oc1ccc(Cl)cc1)C(=O)NCCc1ccccc1. The van der Waals surface area contributed by atoms with Gasteiger partial charge in [0.25, 0.3) is 5.91 Å². The van der Waals surface area contributed by atoms with E-state index in [1.54, 1.807) is 31.2 Å². The lowest BCUT2D eigenvalue weighted by molar-refractivity contribution is -0.127. The Balaban J connectivity index is 1.76. The van der Waals surface area contributed by atoms with Gasteiger partial charge in [-0.25, -0.2) is 0 Å². The van der Waals surface area contributed by atoms with E-state index in [1.165, 1.54) is 5.56 Å². The minimum absolute atomic E-state index is 0.124. The van der Waals surface area contributed by atoms with E-state index in [0.717, 1.165) is 6.42 Å². The predicted molar refractivity (Wildman–Crippen MR) is 84.7 cm³/mol. The van der Waals surface area contributed by atoms with E-state index >= 15 is 0 Å². The summed E-state index contributed by atoms with van der Waals surface area (Å²) < 4.78 is 5.56. The third-order valence-corrected chi connectivity index (χ3v) is 3.30. The fourth-order valence-corrected chi connectivity index (χ4v) is 2.02. The van der Waals surface area contributed by atoms with Crippen LogP contribution in [0.1, 0.15) is 12.5 Å². The van der Waals surface area contributed by atoms with Crippen LogP contribution >= 0.6 is 11.6 Å². The zero-order valence-electron chi connectivity index (χ0n) is 11.9. The van der Waals surface area contributed by atoms with Crippen LogP contribution < -0.4 is 10.1 Å². The summed E-state index contributed by atoms with van der Waals surface area (Å²) in [6, 6.07) is 17.0. The molecule has 2 aromatic rings. The lowest BCUT2D eigenvalue weighted by Crippen LogP contribution is -2.37. The van der Waals surface area contributed by atoms with Gasteiger partial charge in [0.1, 0.15) is 5.75 Å². The molecule has 0 spiro atoms. The van der Waals surface area contributed by atoms with Crippen LogP contribution in [-0.2, 0) is 11.2 Å². The minimum Gasteiger partial charge on any atom is -0.481 e. The molecule has 0 radical (unpaired) electrons. The second-order valence-electron chi connectivity index (χ2n) is 4.74. The standard InChI is InChI=1S/C17H18ClNO2/c1-13(21-16-9-7-15(18)8-10-16)17(20)19-12-11-14-5-3-2-4-6-14/h2-10,13H,11-12H2,1H3,(H,19,20). The third-order valence-electron chi connectivity index (χ3n) is 3.05. The molecule has 3 nitrogen and oxygen atoms in total. The van der Waals surface area contributed by atoms with Gasteiger partial charge in [-0.1, -0.05) is 41.9 Å². The second kappa shape index (κ2) is 7.70. The number of benzene rings is 2. The molecule has 0 bridgehead atoms. The van der Waals surface area contributed by atoms with E-state index in [4.69, 9.17) is 16.3 Å². The molecule has 0 aliphatic rings. The number of halogens is 1. The fourth-order valence-electron chi connectivity index (χ4n) is 1.89. The van der Waals surface area contributed by atoms with Gasteiger partial charge in [0.2, 0.25) is 0 Å². The maximum absolute atomic E-state index is 11.9. The number of hydrogen-bond acceptors (Lipinski definition) is 2. The first-order valence-electron chi connectivity index (χ1n) is 6.89. The molecule has 0 aliphatic heterocycles. The summed E-state index contributed by atoms with van der Waals surface area (Å²) >= 11 is 5.80. The molecule has 0 aromatic heterocycles. The summed E-state index contributed by atoms with van der Waals surface area (Å²) in [7, 11) is 0. The summed E-state index contributed by atoms with van der Waals surface area (Å²) in [5, 5.41) is 3.51. The van der Waals surface area contributed by atoms with Gasteiger partial charge in [-0.15, -0.1) is 0 Å². The van der Waals surface area contributed by atoms with E-state index in [2.05, 4.69) is 5.32 Å². The van der Waals surface area contributed by atoms with Crippen molar-refractivity contribution in [1.29, 1.82) is 0 Å². The highest BCUT2D eigenvalue weighted by atomic mass is 35.5. The fraction of sp³-hybridized carbons (Fsp3) is 0.235. The van der Waals surface area contributed by atoms with Crippen LogP contribution in [0.15, 0.2) is 54.6 Å². The van der Waals surface area contributed by atoms with Gasteiger partial charge in [-0.3, -0.25) is 4.79 Å². The molecule has 0 fully saturated rings. The number of rotatable bonds is 6. The van der Waals surface area contributed by atoms with Gasteiger partial charge in [0.05, 0.1) is 0 Å². The number of hydrogen-bond donors (Lipinski definition) is 1. The quantitative estimate of drug-likeness (QED) is 0.887. The van der Waals surface area contributed by atoms with Crippen molar-refractivity contribution in [2.24, 2.45) is 0 Å². The van der Waals surface area contributed by atoms with Gasteiger partial charge in [-0.05, 0) is 43.2 Å². The van der Waals surface area contributed by atoms with E-state index in [9.17, 15) is 4.79 Å². The molecule has 1 unspecified atom stereocenters. The van der Waals surface area contributed by atoms with Crippen molar-refractivity contribution in [3.8, 4) is 5.75 Å². The summed E-state index contributed by atoms with van der Waals surface area (Å²) in [5.41, 5.74) is 1.20. The summed E-state index contributed by atoms with van der Waals surface area (Å²) in [5.74, 6) is 0.506. The molecule has 1 atom stereocenters. The van der Waals surface area contributed by atoms with Crippen molar-refractivity contribution in [3.05, 3.63) is 65.2 Å². The number of nitrogens with one attached hydrogen (secondary N) is 1. The Morgan fingerprint density at radius 3 is 2.48 bits per heavy atom. The summed E-state index contributed by atoms with van der Waals surface area (Å²) in [6.45, 7) is 2.32. The number of ether oxygens (including phenoxy) is 1. The van der Waals surface area contributed by atoms with Crippen LogP contribution in [0.4, 0.5) is 0 Å². The Kier molecular flexibility index (Phi) is 5.64. The predicted octanol–water partition coefficient (Wildman–Crippen LogP) is 3.47. The smallest absolute Gasteiger partial charge is 0.260 e. The zero-order chi connectivity index (χ0) is 15.1. The largest absolute Gasteiger partial charge is 0.481 e. The molecule has 0 aliphatic carbocycles. The molecular formula is C17H18ClNO2. The number of carbonyl (C=O) groups excluding carboxylic acids is 1. The average Bonchev–Trinajstić information content (AvgIpc) is 2.50. The first kappa shape index (κ1) is 15.4. The first-order valence-corrected chi connectivity index (χ1v) is 7.27. The molecule has 0 saturated heterocycles. The van der Waals surface area contributed by atoms with E-state index in [0.29, 0.717) is 17.3 Å². The molecule has 21 heavy (non-hydrogen) atoms. The lowest BCUT2D eigenvalue weighted by atomic mass is 10.1.